The van der Waals surface area contributed by atoms with Gasteiger partial charge in [0.25, 0.3) is 0 Å². The molecule has 1 aliphatic carbocycles. The summed E-state index contributed by atoms with van der Waals surface area (Å²) >= 11 is 0. The topological polar surface area (TPSA) is 69.7 Å². The van der Waals surface area contributed by atoms with Gasteiger partial charge in [-0.05, 0) is 38.2 Å². The van der Waals surface area contributed by atoms with Crippen molar-refractivity contribution in [2.45, 2.75) is 52.6 Å². The van der Waals surface area contributed by atoms with Gasteiger partial charge in [-0.15, -0.1) is 0 Å². The normalized spacial score (nSPS) is 24.2. The van der Waals surface area contributed by atoms with Gasteiger partial charge in [0.15, 0.2) is 0 Å². The van der Waals surface area contributed by atoms with Gasteiger partial charge in [0, 0.05) is 24.8 Å². The minimum atomic E-state index is -0.550. The summed E-state index contributed by atoms with van der Waals surface area (Å²) in [6.45, 7) is 8.81. The molecule has 0 fully saturated rings. The van der Waals surface area contributed by atoms with Gasteiger partial charge in [-0.1, -0.05) is 19.1 Å². The van der Waals surface area contributed by atoms with Crippen LogP contribution >= 0.6 is 0 Å². The van der Waals surface area contributed by atoms with Crippen LogP contribution < -0.4 is 0 Å². The zero-order valence-corrected chi connectivity index (χ0v) is 14.4. The van der Waals surface area contributed by atoms with Crippen LogP contribution in [-0.2, 0) is 23.9 Å². The average Bonchev–Trinajstić information content (AvgIpc) is 2.62. The third-order valence-corrected chi connectivity index (χ3v) is 4.28. The Kier molecular flexibility index (Phi) is 7.20. The van der Waals surface area contributed by atoms with Crippen molar-refractivity contribution in [2.24, 2.45) is 11.8 Å². The Morgan fingerprint density at radius 1 is 1.26 bits per heavy atom. The summed E-state index contributed by atoms with van der Waals surface area (Å²) in [4.78, 5) is 34.5. The Morgan fingerprint density at radius 3 is 2.43 bits per heavy atom. The molecule has 3 atom stereocenters. The van der Waals surface area contributed by atoms with Crippen molar-refractivity contribution in [3.63, 3.8) is 0 Å². The zero-order valence-electron chi connectivity index (χ0n) is 14.4. The number of ether oxygens (including phenoxy) is 2. The SMILES string of the molecule is C=C(C(=O)OC)[C@@H]1CC[C@H](C)C(CCC(C)=O)=C[C@H]1OC(C)=O. The molecule has 1 rings (SSSR count). The summed E-state index contributed by atoms with van der Waals surface area (Å²) in [6, 6.07) is 0. The highest BCUT2D eigenvalue weighted by Crippen LogP contribution is 2.34. The van der Waals surface area contributed by atoms with E-state index in [1.54, 1.807) is 6.92 Å². The molecular weight excluding hydrogens is 296 g/mol. The van der Waals surface area contributed by atoms with Crippen LogP contribution in [0.4, 0.5) is 0 Å². The van der Waals surface area contributed by atoms with Crippen molar-refractivity contribution >= 4 is 17.7 Å². The summed E-state index contributed by atoms with van der Waals surface area (Å²) in [5.74, 6) is -0.803. The van der Waals surface area contributed by atoms with Gasteiger partial charge in [0.05, 0.1) is 7.11 Å². The zero-order chi connectivity index (χ0) is 17.6. The minimum Gasteiger partial charge on any atom is -0.466 e. The van der Waals surface area contributed by atoms with E-state index < -0.39 is 18.0 Å². The lowest BCUT2D eigenvalue weighted by molar-refractivity contribution is -0.147. The van der Waals surface area contributed by atoms with E-state index in [0.29, 0.717) is 24.8 Å². The Morgan fingerprint density at radius 2 is 1.91 bits per heavy atom. The minimum absolute atomic E-state index is 0.127. The molecule has 23 heavy (non-hydrogen) atoms. The smallest absolute Gasteiger partial charge is 0.333 e. The lowest BCUT2D eigenvalue weighted by Gasteiger charge is -2.24. The fourth-order valence-electron chi connectivity index (χ4n) is 2.88. The molecule has 0 amide bonds. The van der Waals surface area contributed by atoms with Crippen LogP contribution in [0.2, 0.25) is 0 Å². The quantitative estimate of drug-likeness (QED) is 0.427. The Bertz CT molecular complexity index is 518. The van der Waals surface area contributed by atoms with Crippen molar-refractivity contribution in [3.05, 3.63) is 23.8 Å². The highest BCUT2D eigenvalue weighted by molar-refractivity contribution is 5.88. The number of carbonyl (C=O) groups excluding carboxylic acids is 3. The number of hydrogen-bond acceptors (Lipinski definition) is 5. The maximum absolute atomic E-state index is 11.8. The van der Waals surface area contributed by atoms with Gasteiger partial charge in [0.1, 0.15) is 11.9 Å². The summed E-state index contributed by atoms with van der Waals surface area (Å²) in [5, 5.41) is 0. The van der Waals surface area contributed by atoms with Gasteiger partial charge >= 0.3 is 11.9 Å². The first-order chi connectivity index (χ1) is 10.8. The maximum Gasteiger partial charge on any atom is 0.333 e. The number of hydrogen-bond donors (Lipinski definition) is 0. The number of esters is 2. The second-order valence-corrected chi connectivity index (χ2v) is 6.12. The molecule has 128 valence electrons. The predicted octanol–water partition coefficient (Wildman–Crippen LogP) is 2.99. The number of methoxy groups -OCH3 is 1. The van der Waals surface area contributed by atoms with Crippen LogP contribution in [0.15, 0.2) is 23.8 Å². The average molecular weight is 322 g/mol. The summed E-state index contributed by atoms with van der Waals surface area (Å²) < 4.78 is 10.2. The maximum atomic E-state index is 11.8. The summed E-state index contributed by atoms with van der Waals surface area (Å²) in [7, 11) is 1.31. The van der Waals surface area contributed by atoms with E-state index in [1.165, 1.54) is 14.0 Å². The van der Waals surface area contributed by atoms with Crippen LogP contribution in [0.5, 0.6) is 0 Å². The van der Waals surface area contributed by atoms with Gasteiger partial charge in [0.2, 0.25) is 0 Å². The van der Waals surface area contributed by atoms with Gasteiger partial charge in [-0.25, -0.2) is 4.79 Å². The molecule has 0 heterocycles. The van der Waals surface area contributed by atoms with Crippen molar-refractivity contribution in [1.29, 1.82) is 0 Å². The van der Waals surface area contributed by atoms with Gasteiger partial charge < -0.3 is 14.3 Å². The second kappa shape index (κ2) is 8.65. The highest BCUT2D eigenvalue weighted by atomic mass is 16.5. The van der Waals surface area contributed by atoms with Crippen molar-refractivity contribution < 1.29 is 23.9 Å². The Balaban J connectivity index is 3.08. The van der Waals surface area contributed by atoms with Crippen molar-refractivity contribution in [1.82, 2.24) is 0 Å². The van der Waals surface area contributed by atoms with E-state index in [9.17, 15) is 14.4 Å². The van der Waals surface area contributed by atoms with Crippen LogP contribution in [0.1, 0.15) is 46.5 Å². The first-order valence-electron chi connectivity index (χ1n) is 7.90. The lowest BCUT2D eigenvalue weighted by atomic mass is 9.89. The Labute approximate surface area is 137 Å². The molecule has 0 aromatic rings. The first kappa shape index (κ1) is 19.1. The van der Waals surface area contributed by atoms with Crippen LogP contribution in [0.25, 0.3) is 0 Å². The van der Waals surface area contributed by atoms with E-state index in [0.717, 1.165) is 12.0 Å². The molecule has 0 aromatic carbocycles. The second-order valence-electron chi connectivity index (χ2n) is 6.12. The molecule has 5 nitrogen and oxygen atoms in total. The highest BCUT2D eigenvalue weighted by Gasteiger charge is 2.32. The van der Waals surface area contributed by atoms with Crippen molar-refractivity contribution in [3.8, 4) is 0 Å². The molecule has 5 heteroatoms. The molecule has 0 saturated carbocycles. The molecule has 0 spiro atoms. The number of carbonyl (C=O) groups is 3. The van der Waals surface area contributed by atoms with E-state index in [-0.39, 0.29) is 17.6 Å². The fourth-order valence-corrected chi connectivity index (χ4v) is 2.88. The largest absolute Gasteiger partial charge is 0.466 e. The summed E-state index contributed by atoms with van der Waals surface area (Å²) in [5.41, 5.74) is 1.40. The summed E-state index contributed by atoms with van der Waals surface area (Å²) in [6.07, 6.45) is 3.96. The molecule has 0 aliphatic heterocycles. The van der Waals surface area contributed by atoms with E-state index in [2.05, 4.69) is 13.5 Å². The molecule has 0 unspecified atom stereocenters. The number of Topliss-reactive ketones (excluding diaryl/α,β-unsaturated/α-hetero) is 1. The third kappa shape index (κ3) is 5.66. The lowest BCUT2D eigenvalue weighted by Crippen LogP contribution is -2.28. The first-order valence-corrected chi connectivity index (χ1v) is 7.90. The predicted molar refractivity (Wildman–Crippen MR) is 86.6 cm³/mol. The van der Waals surface area contributed by atoms with Crippen molar-refractivity contribution in [2.75, 3.05) is 7.11 Å². The molecule has 0 N–H and O–H groups in total. The molecule has 0 saturated heterocycles. The molecular formula is C18H26O5. The Hall–Kier alpha value is -1.91. The fraction of sp³-hybridized carbons (Fsp3) is 0.611. The van der Waals surface area contributed by atoms with E-state index in [1.807, 2.05) is 6.08 Å². The monoisotopic (exact) mass is 322 g/mol. The number of rotatable bonds is 6. The molecule has 0 bridgehead atoms. The molecule has 1 aliphatic rings. The van der Waals surface area contributed by atoms with Crippen LogP contribution in [0.3, 0.4) is 0 Å². The third-order valence-electron chi connectivity index (χ3n) is 4.28. The standard InChI is InChI=1S/C18H26O5/c1-11-6-9-16(13(3)18(21)22-5)17(23-14(4)20)10-15(11)8-7-12(2)19/h10-11,16-17H,3,6-9H2,1-2,4-5H3/t11-,16-,17+/m0/s1. The molecule has 0 radical (unpaired) electrons. The van der Waals surface area contributed by atoms with Crippen LogP contribution in [-0.4, -0.2) is 30.9 Å². The van der Waals surface area contributed by atoms with Gasteiger partial charge in [-0.2, -0.15) is 0 Å². The van der Waals surface area contributed by atoms with E-state index in [4.69, 9.17) is 9.47 Å². The number of ketones is 1. The number of allylic oxidation sites excluding steroid dienone is 1. The van der Waals surface area contributed by atoms with Crippen LogP contribution in [0, 0.1) is 11.8 Å². The van der Waals surface area contributed by atoms with Gasteiger partial charge in [-0.3, -0.25) is 4.79 Å². The van der Waals surface area contributed by atoms with E-state index >= 15 is 0 Å². The molecule has 0 aromatic heterocycles.